The molecule has 0 spiro atoms. The van der Waals surface area contributed by atoms with E-state index in [1.165, 1.54) is 10.6 Å². The average Bonchev–Trinajstić information content (AvgIpc) is 2.57. The minimum atomic E-state index is -0.142. The maximum Gasteiger partial charge on any atom is 0.264 e. The Morgan fingerprint density at radius 2 is 2.36 bits per heavy atom. The number of aryl methyl sites for hydroxylation is 1. The van der Waals surface area contributed by atoms with Crippen molar-refractivity contribution in [2.24, 2.45) is 7.05 Å². The summed E-state index contributed by atoms with van der Waals surface area (Å²) in [5.41, 5.74) is 0.421. The zero-order valence-corrected chi connectivity index (χ0v) is 8.02. The number of hydrogen-bond donors (Lipinski definition) is 0. The van der Waals surface area contributed by atoms with Crippen molar-refractivity contribution in [2.45, 2.75) is 0 Å². The molecule has 6 heteroatoms. The minimum Gasteiger partial charge on any atom is -0.333 e. The molecule has 0 radical (unpaired) electrons. The second-order valence-electron chi connectivity index (χ2n) is 2.73. The molecule has 0 unspecified atom stereocenters. The highest BCUT2D eigenvalue weighted by molar-refractivity contribution is 6.28. The van der Waals surface area contributed by atoms with Gasteiger partial charge in [0, 0.05) is 24.9 Å². The van der Waals surface area contributed by atoms with Crippen molar-refractivity contribution in [1.82, 2.24) is 14.7 Å². The standard InChI is InChI=1S/C8H6ClN3O2/c1-12-3-2-5(4-6(12)13)7-10-8(9)11-14-7/h2-4H,1H3. The molecule has 0 N–H and O–H groups in total. The van der Waals surface area contributed by atoms with Crippen LogP contribution >= 0.6 is 11.6 Å². The first-order valence-electron chi connectivity index (χ1n) is 3.83. The van der Waals surface area contributed by atoms with Gasteiger partial charge in [0.1, 0.15) is 0 Å². The summed E-state index contributed by atoms with van der Waals surface area (Å²) in [5, 5.41) is 3.44. The van der Waals surface area contributed by atoms with Gasteiger partial charge in [-0.1, -0.05) is 0 Å². The van der Waals surface area contributed by atoms with Gasteiger partial charge in [-0.3, -0.25) is 4.79 Å². The lowest BCUT2D eigenvalue weighted by Gasteiger charge is -1.96. The molecule has 2 aromatic heterocycles. The number of halogens is 1. The van der Waals surface area contributed by atoms with Crippen LogP contribution in [0, 0.1) is 0 Å². The van der Waals surface area contributed by atoms with Gasteiger partial charge in [0.05, 0.1) is 0 Å². The minimum absolute atomic E-state index is 0.0284. The summed E-state index contributed by atoms with van der Waals surface area (Å²) in [5.74, 6) is 0.243. The first-order valence-corrected chi connectivity index (χ1v) is 4.21. The third-order valence-corrected chi connectivity index (χ3v) is 1.91. The van der Waals surface area contributed by atoms with Crippen LogP contribution in [-0.4, -0.2) is 14.7 Å². The first kappa shape index (κ1) is 8.96. The van der Waals surface area contributed by atoms with E-state index in [2.05, 4.69) is 10.1 Å². The van der Waals surface area contributed by atoms with E-state index in [4.69, 9.17) is 16.1 Å². The summed E-state index contributed by atoms with van der Waals surface area (Å²) in [6, 6.07) is 3.11. The molecular weight excluding hydrogens is 206 g/mol. The molecule has 14 heavy (non-hydrogen) atoms. The Morgan fingerprint density at radius 1 is 1.57 bits per heavy atom. The third-order valence-electron chi connectivity index (χ3n) is 1.75. The first-order chi connectivity index (χ1) is 6.66. The van der Waals surface area contributed by atoms with Crippen LogP contribution in [0.15, 0.2) is 27.6 Å². The van der Waals surface area contributed by atoms with Gasteiger partial charge in [0.25, 0.3) is 16.7 Å². The van der Waals surface area contributed by atoms with Gasteiger partial charge in [0.2, 0.25) is 0 Å². The third kappa shape index (κ3) is 1.54. The van der Waals surface area contributed by atoms with Crippen molar-refractivity contribution in [1.29, 1.82) is 0 Å². The molecule has 0 aromatic carbocycles. The van der Waals surface area contributed by atoms with E-state index in [9.17, 15) is 4.79 Å². The van der Waals surface area contributed by atoms with E-state index in [0.717, 1.165) is 0 Å². The van der Waals surface area contributed by atoms with Crippen LogP contribution in [0.3, 0.4) is 0 Å². The predicted molar refractivity (Wildman–Crippen MR) is 50.0 cm³/mol. The van der Waals surface area contributed by atoms with Crippen LogP contribution in [-0.2, 0) is 7.05 Å². The van der Waals surface area contributed by atoms with Crippen molar-refractivity contribution in [3.05, 3.63) is 34.0 Å². The highest BCUT2D eigenvalue weighted by Crippen LogP contribution is 2.15. The van der Waals surface area contributed by atoms with Gasteiger partial charge in [0.15, 0.2) is 0 Å². The second kappa shape index (κ2) is 3.26. The zero-order valence-electron chi connectivity index (χ0n) is 7.27. The van der Waals surface area contributed by atoms with Gasteiger partial charge in [-0.05, 0) is 22.8 Å². The fourth-order valence-electron chi connectivity index (χ4n) is 1.00. The van der Waals surface area contributed by atoms with Gasteiger partial charge >= 0.3 is 0 Å². The number of rotatable bonds is 1. The number of hydrogen-bond acceptors (Lipinski definition) is 4. The van der Waals surface area contributed by atoms with Crippen LogP contribution in [0.2, 0.25) is 5.28 Å². The van der Waals surface area contributed by atoms with Crippen LogP contribution in [0.1, 0.15) is 0 Å². The quantitative estimate of drug-likeness (QED) is 0.709. The Kier molecular flexibility index (Phi) is 2.09. The van der Waals surface area contributed by atoms with Gasteiger partial charge in [-0.25, -0.2) is 0 Å². The van der Waals surface area contributed by atoms with Crippen LogP contribution < -0.4 is 5.56 Å². The fourth-order valence-corrected chi connectivity index (χ4v) is 1.12. The lowest BCUT2D eigenvalue weighted by atomic mass is 10.3. The molecule has 0 saturated heterocycles. The summed E-state index contributed by atoms with van der Waals surface area (Å²) in [4.78, 5) is 15.1. The second-order valence-corrected chi connectivity index (χ2v) is 3.07. The Balaban J connectivity index is 2.53. The Hall–Kier alpha value is -1.62. The zero-order chi connectivity index (χ0) is 10.1. The molecule has 2 aromatic rings. The maximum absolute atomic E-state index is 11.3. The van der Waals surface area contributed by atoms with Gasteiger partial charge < -0.3 is 9.09 Å². The maximum atomic E-state index is 11.3. The molecule has 0 aliphatic rings. The molecule has 2 heterocycles. The van der Waals surface area contributed by atoms with Gasteiger partial charge in [-0.2, -0.15) is 4.98 Å². The average molecular weight is 212 g/mol. The lowest BCUT2D eigenvalue weighted by molar-refractivity contribution is 0.430. The van der Waals surface area contributed by atoms with E-state index < -0.39 is 0 Å². The predicted octanol–water partition coefficient (Wildman–Crippen LogP) is 1.09. The summed E-state index contributed by atoms with van der Waals surface area (Å²) in [7, 11) is 1.66. The highest BCUT2D eigenvalue weighted by Gasteiger charge is 2.07. The van der Waals surface area contributed by atoms with Crippen molar-refractivity contribution < 1.29 is 4.52 Å². The molecular formula is C8H6ClN3O2. The van der Waals surface area contributed by atoms with E-state index in [0.29, 0.717) is 5.56 Å². The van der Waals surface area contributed by atoms with Crippen molar-refractivity contribution in [2.75, 3.05) is 0 Å². The van der Waals surface area contributed by atoms with E-state index >= 15 is 0 Å². The topological polar surface area (TPSA) is 60.9 Å². The lowest BCUT2D eigenvalue weighted by Crippen LogP contribution is -2.14. The molecule has 5 nitrogen and oxygen atoms in total. The van der Waals surface area contributed by atoms with Crippen molar-refractivity contribution in [3.63, 3.8) is 0 Å². The van der Waals surface area contributed by atoms with Crippen LogP contribution in [0.25, 0.3) is 11.5 Å². The molecule has 0 aliphatic heterocycles. The van der Waals surface area contributed by atoms with Crippen molar-refractivity contribution >= 4 is 11.6 Å². The summed E-state index contributed by atoms with van der Waals surface area (Å²) in [6.45, 7) is 0. The van der Waals surface area contributed by atoms with E-state index in [1.807, 2.05) is 0 Å². The summed E-state index contributed by atoms with van der Waals surface area (Å²) >= 11 is 5.48. The Bertz CT molecular complexity index is 517. The summed E-state index contributed by atoms with van der Waals surface area (Å²) in [6.07, 6.45) is 1.62. The summed E-state index contributed by atoms with van der Waals surface area (Å²) < 4.78 is 6.25. The molecule has 2 rings (SSSR count). The molecule has 0 aliphatic carbocycles. The number of pyridine rings is 1. The molecule has 0 bridgehead atoms. The smallest absolute Gasteiger partial charge is 0.264 e. The van der Waals surface area contributed by atoms with Crippen molar-refractivity contribution in [3.8, 4) is 11.5 Å². The fraction of sp³-hybridized carbons (Fsp3) is 0.125. The van der Waals surface area contributed by atoms with Crippen LogP contribution in [0.5, 0.6) is 0 Å². The Labute approximate surface area is 83.9 Å². The van der Waals surface area contributed by atoms with Gasteiger partial charge in [-0.15, -0.1) is 0 Å². The molecule has 0 atom stereocenters. The largest absolute Gasteiger partial charge is 0.333 e. The Morgan fingerprint density at radius 3 is 2.93 bits per heavy atom. The monoisotopic (exact) mass is 211 g/mol. The molecule has 0 fully saturated rings. The normalized spacial score (nSPS) is 10.4. The molecule has 72 valence electrons. The van der Waals surface area contributed by atoms with E-state index in [-0.39, 0.29) is 16.7 Å². The molecule has 0 saturated carbocycles. The molecule has 0 amide bonds. The van der Waals surface area contributed by atoms with Crippen LogP contribution in [0.4, 0.5) is 0 Å². The van der Waals surface area contributed by atoms with E-state index in [1.54, 1.807) is 19.3 Å². The number of nitrogens with zero attached hydrogens (tertiary/aromatic N) is 3. The number of aromatic nitrogens is 3. The highest BCUT2D eigenvalue weighted by atomic mass is 35.5. The SMILES string of the molecule is Cn1ccc(-c2nc(Cl)no2)cc1=O.